The molecule has 0 unspecified atom stereocenters. The Morgan fingerprint density at radius 2 is 1.89 bits per heavy atom. The van der Waals surface area contributed by atoms with Gasteiger partial charge in [-0.15, -0.1) is 0 Å². The zero-order valence-electron chi connectivity index (χ0n) is 15.5. The second kappa shape index (κ2) is 6.49. The van der Waals surface area contributed by atoms with Crippen LogP contribution < -0.4 is 10.6 Å². The third-order valence-corrected chi connectivity index (χ3v) is 4.88. The number of nitrogens with zero attached hydrogens (tertiary/aromatic N) is 3. The number of hydrogen-bond acceptors (Lipinski definition) is 4. The molecule has 8 nitrogen and oxygen atoms in total. The summed E-state index contributed by atoms with van der Waals surface area (Å²) in [6.45, 7) is 1.26. The lowest BCUT2D eigenvalue weighted by molar-refractivity contribution is -0.133. The van der Waals surface area contributed by atoms with Gasteiger partial charge in [0.15, 0.2) is 5.82 Å². The predicted octanol–water partition coefficient (Wildman–Crippen LogP) is 1.98. The Labute approximate surface area is 161 Å². The van der Waals surface area contributed by atoms with E-state index in [2.05, 4.69) is 15.7 Å². The van der Waals surface area contributed by atoms with Crippen molar-refractivity contribution < 1.29 is 14.4 Å². The maximum absolute atomic E-state index is 13.0. The molecule has 1 atom stereocenters. The standard InChI is InChI=1S/C20H19N5O3/c1-20(15-8-7-13-5-3-4-6-14(13)11-15)18(27)25(19(28)22-20)12-17(26)21-16-9-10-24(2)23-16/h3-11H,12H2,1-2H3,(H,22,28)(H,21,23,26)/t20-/m0/s1. The van der Waals surface area contributed by atoms with Crippen molar-refractivity contribution in [2.45, 2.75) is 12.5 Å². The van der Waals surface area contributed by atoms with Crippen molar-refractivity contribution in [3.63, 3.8) is 0 Å². The van der Waals surface area contributed by atoms with Crippen LogP contribution in [-0.2, 0) is 22.2 Å². The Hall–Kier alpha value is -3.68. The van der Waals surface area contributed by atoms with Crippen molar-refractivity contribution in [1.82, 2.24) is 20.0 Å². The van der Waals surface area contributed by atoms with Gasteiger partial charge in [-0.25, -0.2) is 4.79 Å². The van der Waals surface area contributed by atoms with Gasteiger partial charge in [0.05, 0.1) is 0 Å². The molecule has 1 aliphatic rings. The van der Waals surface area contributed by atoms with E-state index in [1.807, 2.05) is 42.5 Å². The molecule has 2 N–H and O–H groups in total. The fourth-order valence-electron chi connectivity index (χ4n) is 3.34. The van der Waals surface area contributed by atoms with Crippen molar-refractivity contribution in [1.29, 1.82) is 0 Å². The predicted molar refractivity (Wildman–Crippen MR) is 103 cm³/mol. The van der Waals surface area contributed by atoms with E-state index in [0.717, 1.165) is 15.7 Å². The normalized spacial score (nSPS) is 19.1. The van der Waals surface area contributed by atoms with Gasteiger partial charge < -0.3 is 10.6 Å². The summed E-state index contributed by atoms with van der Waals surface area (Å²) in [5.41, 5.74) is -0.566. The summed E-state index contributed by atoms with van der Waals surface area (Å²) in [4.78, 5) is 38.6. The molecule has 2 heterocycles. The number of carbonyl (C=O) groups is 3. The first-order chi connectivity index (χ1) is 13.4. The van der Waals surface area contributed by atoms with Crippen molar-refractivity contribution >= 4 is 34.4 Å². The lowest BCUT2D eigenvalue weighted by atomic mass is 9.90. The Balaban J connectivity index is 1.55. The summed E-state index contributed by atoms with van der Waals surface area (Å²) in [5.74, 6) is -0.606. The summed E-state index contributed by atoms with van der Waals surface area (Å²) in [6, 6.07) is 14.4. The average molecular weight is 377 g/mol. The third-order valence-electron chi connectivity index (χ3n) is 4.88. The SMILES string of the molecule is Cn1ccc(NC(=O)CN2C(=O)N[C@@](C)(c3ccc4ccccc4c3)C2=O)n1. The number of urea groups is 1. The number of aromatic nitrogens is 2. The van der Waals surface area contributed by atoms with Crippen LogP contribution >= 0.6 is 0 Å². The zero-order valence-corrected chi connectivity index (χ0v) is 15.5. The lowest BCUT2D eigenvalue weighted by Crippen LogP contribution is -2.42. The van der Waals surface area contributed by atoms with Gasteiger partial charge in [0, 0.05) is 19.3 Å². The van der Waals surface area contributed by atoms with Crippen LogP contribution in [0.1, 0.15) is 12.5 Å². The number of benzene rings is 2. The second-order valence-electron chi connectivity index (χ2n) is 6.93. The highest BCUT2D eigenvalue weighted by Gasteiger charge is 2.49. The topological polar surface area (TPSA) is 96.3 Å². The van der Waals surface area contributed by atoms with E-state index in [9.17, 15) is 14.4 Å². The third kappa shape index (κ3) is 2.98. The van der Waals surface area contributed by atoms with Gasteiger partial charge in [0.25, 0.3) is 5.91 Å². The van der Waals surface area contributed by atoms with Gasteiger partial charge >= 0.3 is 6.03 Å². The minimum atomic E-state index is -1.23. The molecule has 28 heavy (non-hydrogen) atoms. The van der Waals surface area contributed by atoms with Gasteiger partial charge in [0.1, 0.15) is 12.1 Å². The number of amides is 4. The molecule has 0 spiro atoms. The van der Waals surface area contributed by atoms with Crippen molar-refractivity contribution in [2.24, 2.45) is 7.05 Å². The number of rotatable bonds is 4. The van der Waals surface area contributed by atoms with Gasteiger partial charge in [0.2, 0.25) is 5.91 Å². The highest BCUT2D eigenvalue weighted by molar-refractivity contribution is 6.10. The minimum absolute atomic E-state index is 0.358. The van der Waals surface area contributed by atoms with Crippen LogP contribution in [0.5, 0.6) is 0 Å². The Kier molecular flexibility index (Phi) is 4.11. The molecule has 1 aliphatic heterocycles. The van der Waals surface area contributed by atoms with Crippen LogP contribution in [0.4, 0.5) is 10.6 Å². The number of hydrogen-bond donors (Lipinski definition) is 2. The van der Waals surface area contributed by atoms with E-state index in [-0.39, 0.29) is 6.54 Å². The van der Waals surface area contributed by atoms with Crippen molar-refractivity contribution in [3.05, 3.63) is 60.3 Å². The van der Waals surface area contributed by atoms with Crippen LogP contribution in [0, 0.1) is 0 Å². The first-order valence-corrected chi connectivity index (χ1v) is 8.80. The summed E-state index contributed by atoms with van der Waals surface area (Å²) in [6.07, 6.45) is 1.68. The fourth-order valence-corrected chi connectivity index (χ4v) is 3.34. The Morgan fingerprint density at radius 1 is 1.14 bits per heavy atom. The molecular weight excluding hydrogens is 358 g/mol. The molecule has 1 fully saturated rings. The molecule has 1 saturated heterocycles. The lowest BCUT2D eigenvalue weighted by Gasteiger charge is -2.22. The molecule has 1 aromatic heterocycles. The maximum Gasteiger partial charge on any atom is 0.325 e. The number of imide groups is 1. The number of fused-ring (bicyclic) bond motifs is 1. The zero-order chi connectivity index (χ0) is 19.9. The molecule has 2 aromatic carbocycles. The molecule has 3 aromatic rings. The number of carbonyl (C=O) groups excluding carboxylic acids is 3. The summed E-state index contributed by atoms with van der Waals surface area (Å²) >= 11 is 0. The van der Waals surface area contributed by atoms with Gasteiger partial charge in [-0.3, -0.25) is 19.2 Å². The Bertz CT molecular complexity index is 1110. The average Bonchev–Trinajstić information content (AvgIpc) is 3.17. The summed E-state index contributed by atoms with van der Waals surface area (Å²) in [7, 11) is 1.72. The first-order valence-electron chi connectivity index (χ1n) is 8.80. The van der Waals surface area contributed by atoms with Crippen LogP contribution in [0.3, 0.4) is 0 Å². The molecule has 8 heteroatoms. The molecular formula is C20H19N5O3. The van der Waals surface area contributed by atoms with Crippen LogP contribution in [0.15, 0.2) is 54.7 Å². The molecule has 142 valence electrons. The van der Waals surface area contributed by atoms with Crippen molar-refractivity contribution in [3.8, 4) is 0 Å². The second-order valence-corrected chi connectivity index (χ2v) is 6.93. The van der Waals surface area contributed by atoms with E-state index >= 15 is 0 Å². The van der Waals surface area contributed by atoms with Gasteiger partial charge in [-0.05, 0) is 29.3 Å². The van der Waals surface area contributed by atoms with E-state index in [1.54, 1.807) is 30.9 Å². The Morgan fingerprint density at radius 3 is 2.61 bits per heavy atom. The van der Waals surface area contributed by atoms with Crippen LogP contribution in [0.25, 0.3) is 10.8 Å². The highest BCUT2D eigenvalue weighted by atomic mass is 16.2. The highest BCUT2D eigenvalue weighted by Crippen LogP contribution is 2.30. The summed E-state index contributed by atoms with van der Waals surface area (Å²) < 4.78 is 1.54. The molecule has 0 aliphatic carbocycles. The van der Waals surface area contributed by atoms with E-state index in [4.69, 9.17) is 0 Å². The number of anilines is 1. The first kappa shape index (κ1) is 17.7. The van der Waals surface area contributed by atoms with Gasteiger partial charge in [-0.2, -0.15) is 5.10 Å². The van der Waals surface area contributed by atoms with Crippen LogP contribution in [0.2, 0.25) is 0 Å². The summed E-state index contributed by atoms with van der Waals surface area (Å²) in [5, 5.41) is 11.4. The largest absolute Gasteiger partial charge is 0.325 e. The van der Waals surface area contributed by atoms with E-state index in [1.165, 1.54) is 0 Å². The smallest absolute Gasteiger partial charge is 0.319 e. The molecule has 4 rings (SSSR count). The van der Waals surface area contributed by atoms with Gasteiger partial charge in [-0.1, -0.05) is 36.4 Å². The molecule has 4 amide bonds. The fraction of sp³-hybridized carbons (Fsp3) is 0.200. The van der Waals surface area contributed by atoms with E-state index < -0.39 is 23.4 Å². The van der Waals surface area contributed by atoms with Crippen LogP contribution in [-0.4, -0.2) is 39.1 Å². The quantitative estimate of drug-likeness (QED) is 0.680. The van der Waals surface area contributed by atoms with E-state index in [0.29, 0.717) is 11.4 Å². The molecule has 0 saturated carbocycles. The van der Waals surface area contributed by atoms with Crippen molar-refractivity contribution in [2.75, 3.05) is 11.9 Å². The monoisotopic (exact) mass is 377 g/mol. The molecule has 0 bridgehead atoms. The number of aryl methyl sites for hydroxylation is 1. The molecule has 0 radical (unpaired) electrons. The maximum atomic E-state index is 13.0. The minimum Gasteiger partial charge on any atom is -0.319 e. The number of nitrogens with one attached hydrogen (secondary N) is 2.